The summed E-state index contributed by atoms with van der Waals surface area (Å²) in [4.78, 5) is 82.4. The number of carbonyl (C=O) groups excluding carboxylic acids is 4. The average molecular weight is 1540 g/mol. The third-order valence-electron chi connectivity index (χ3n) is 16.5. The Morgan fingerprint density at radius 1 is 0.352 bits per heavy atom. The standard InChI is InChI=1S/C19H12ClF3N2O3.C18H11Cl2FN2O3.C18H11ClF2N2O3.C18H12ClFN2O3/c1-9-6-7-12(27-9)15-14-16(25-18(20)24-15)13(28-17(14)26)8-10-4-2-3-5-11(10)19(21,22)23;1-8-2-5-12(25-8)15-14-16(23-18(20)22-15)13(26-17(14)24)7-9-6-10(19)3-4-11(9)21;1-8-2-5-12(25-8)15-14-16(23-18(19)22-15)13(26-17(14)24)7-9-6-10(20)3-4-11(9)21;1-9-6-7-12(24-9)15-14-16(22-18(19)21-15)13(25-17(14)23)8-10-4-2-3-5-11(10)20/h2-7,13H,8H2,1H3;2*2-6,13H,7H2,1H3;2-7,13H,8H2,1H3. The van der Waals surface area contributed by atoms with Crippen molar-refractivity contribution in [1.29, 1.82) is 0 Å². The molecule has 0 amide bonds. The topological polar surface area (TPSA) is 261 Å². The Hall–Kier alpha value is -10.8. The number of ether oxygens (including phenoxy) is 4. The smallest absolute Gasteiger partial charge is 0.416 e. The fourth-order valence-corrected chi connectivity index (χ4v) is 12.8. The van der Waals surface area contributed by atoms with Crippen molar-refractivity contribution in [2.24, 2.45) is 0 Å². The Bertz CT molecular complexity index is 5290. The van der Waals surface area contributed by atoms with Crippen molar-refractivity contribution in [2.45, 2.75) is 84.0 Å². The number of benzene rings is 4. The number of hydrogen-bond donors (Lipinski definition) is 0. The van der Waals surface area contributed by atoms with E-state index in [4.69, 9.17) is 94.6 Å². The van der Waals surface area contributed by atoms with Crippen molar-refractivity contribution in [1.82, 2.24) is 39.9 Å². The lowest BCUT2D eigenvalue weighted by atomic mass is 9.98. The van der Waals surface area contributed by atoms with Crippen LogP contribution in [-0.4, -0.2) is 63.7 Å². The van der Waals surface area contributed by atoms with Crippen molar-refractivity contribution >= 4 is 81.9 Å². The fraction of sp³-hybridized carbons (Fsp3) is 0.178. The highest BCUT2D eigenvalue weighted by Gasteiger charge is 2.43. The van der Waals surface area contributed by atoms with Gasteiger partial charge in [-0.2, -0.15) is 13.2 Å². The van der Waals surface area contributed by atoms with Crippen LogP contribution in [-0.2, 0) is 50.8 Å². The maximum Gasteiger partial charge on any atom is 0.416 e. The van der Waals surface area contributed by atoms with Crippen molar-refractivity contribution < 1.29 is 86.5 Å². The molecular formula is C73H46Cl5F7N8O12. The number of carbonyl (C=O) groups is 4. The molecule has 20 nitrogen and oxygen atoms in total. The van der Waals surface area contributed by atoms with Gasteiger partial charge in [-0.25, -0.2) is 76.6 Å². The Morgan fingerprint density at radius 2 is 0.657 bits per heavy atom. The molecule has 0 bridgehead atoms. The Morgan fingerprint density at radius 3 is 1.00 bits per heavy atom. The van der Waals surface area contributed by atoms with E-state index in [1.54, 1.807) is 94.4 Å². The zero-order chi connectivity index (χ0) is 74.4. The number of esters is 4. The molecule has 8 aromatic heterocycles. The number of aryl methyl sites for hydroxylation is 4. The lowest BCUT2D eigenvalue weighted by Gasteiger charge is -2.15. The van der Waals surface area contributed by atoms with Crippen LogP contribution in [0.4, 0.5) is 30.7 Å². The summed E-state index contributed by atoms with van der Waals surface area (Å²) in [7, 11) is 0. The summed E-state index contributed by atoms with van der Waals surface area (Å²) in [5, 5.41) is 0.0479. The average Bonchev–Trinajstić information content (AvgIpc) is 1.65. The zero-order valence-corrected chi connectivity index (χ0v) is 58.1. The number of fused-ring (bicyclic) bond motifs is 4. The van der Waals surface area contributed by atoms with Gasteiger partial charge in [-0.15, -0.1) is 0 Å². The molecule has 4 aromatic carbocycles. The molecule has 0 aliphatic carbocycles. The Kier molecular flexibility index (Phi) is 20.5. The number of furan rings is 4. The molecule has 4 atom stereocenters. The molecule has 12 aromatic rings. The molecule has 0 spiro atoms. The summed E-state index contributed by atoms with van der Waals surface area (Å²) >= 11 is 30.0. The first-order valence-corrected chi connectivity index (χ1v) is 33.2. The highest BCUT2D eigenvalue weighted by molar-refractivity contribution is 6.31. The molecule has 105 heavy (non-hydrogen) atoms. The monoisotopic (exact) mass is 1530 g/mol. The van der Waals surface area contributed by atoms with Crippen molar-refractivity contribution in [3.05, 3.63) is 279 Å². The van der Waals surface area contributed by atoms with E-state index >= 15 is 0 Å². The summed E-state index contributed by atoms with van der Waals surface area (Å²) in [6.45, 7) is 7.03. The summed E-state index contributed by atoms with van der Waals surface area (Å²) in [5.74, 6) is -0.571. The van der Waals surface area contributed by atoms with Crippen LogP contribution in [0.25, 0.3) is 45.8 Å². The molecule has 0 radical (unpaired) electrons. The lowest BCUT2D eigenvalue weighted by Crippen LogP contribution is -2.12. The van der Waals surface area contributed by atoms with Gasteiger partial charge in [-0.3, -0.25) is 0 Å². The predicted octanol–water partition coefficient (Wildman–Crippen LogP) is 18.8. The second-order valence-electron chi connectivity index (χ2n) is 23.7. The van der Waals surface area contributed by atoms with Crippen LogP contribution in [0.2, 0.25) is 26.2 Å². The Balaban J connectivity index is 0.000000124. The normalized spacial score (nSPS) is 16.0. The van der Waals surface area contributed by atoms with Crippen LogP contribution in [0.1, 0.15) is 139 Å². The fourth-order valence-electron chi connectivity index (χ4n) is 11.9. The Labute approximate surface area is 613 Å². The van der Waals surface area contributed by atoms with E-state index in [1.165, 1.54) is 42.5 Å². The maximum absolute atomic E-state index is 14.0. The minimum absolute atomic E-state index is 0.00854. The van der Waals surface area contributed by atoms with Crippen molar-refractivity contribution in [3.63, 3.8) is 0 Å². The van der Waals surface area contributed by atoms with Crippen LogP contribution in [0.3, 0.4) is 0 Å². The quantitative estimate of drug-likeness (QED) is 0.0476. The van der Waals surface area contributed by atoms with Gasteiger partial charge >= 0.3 is 30.1 Å². The second kappa shape index (κ2) is 29.7. The number of hydrogen-bond acceptors (Lipinski definition) is 20. The summed E-state index contributed by atoms with van der Waals surface area (Å²) < 4.78 is 139. The third-order valence-corrected chi connectivity index (χ3v) is 17.4. The van der Waals surface area contributed by atoms with E-state index in [-0.39, 0.29) is 120 Å². The minimum atomic E-state index is -4.53. The van der Waals surface area contributed by atoms with Gasteiger partial charge in [0.1, 0.15) is 139 Å². The molecule has 4 unspecified atom stereocenters. The second-order valence-corrected chi connectivity index (χ2v) is 25.4. The molecule has 4 aliphatic heterocycles. The van der Waals surface area contributed by atoms with Gasteiger partial charge < -0.3 is 36.6 Å². The molecule has 534 valence electrons. The van der Waals surface area contributed by atoms with Crippen molar-refractivity contribution in [3.8, 4) is 45.8 Å². The SMILES string of the molecule is Cc1ccc(-c2nc(Cl)nc3c2C(=O)OC3Cc2cc(Cl)ccc2F)o1.Cc1ccc(-c2nc(Cl)nc3c2C(=O)OC3Cc2cc(F)ccc2F)o1.Cc1ccc(-c2nc(Cl)nc3c2C(=O)OC3Cc2ccccc2C(F)(F)F)o1.Cc1ccc(-c2nc(Cl)nc3c2C(=O)OC3Cc2ccccc2F)o1. The van der Waals surface area contributed by atoms with Crippen LogP contribution < -0.4 is 0 Å². The molecule has 32 heteroatoms. The van der Waals surface area contributed by atoms with Crippen LogP contribution >= 0.6 is 58.0 Å². The molecule has 0 saturated heterocycles. The number of aromatic nitrogens is 8. The van der Waals surface area contributed by atoms with Gasteiger partial charge in [0.2, 0.25) is 21.1 Å². The van der Waals surface area contributed by atoms with E-state index in [0.29, 0.717) is 73.6 Å². The number of alkyl halides is 3. The highest BCUT2D eigenvalue weighted by Crippen LogP contribution is 2.44. The van der Waals surface area contributed by atoms with Crippen LogP contribution in [0, 0.1) is 51.0 Å². The van der Waals surface area contributed by atoms with E-state index in [0.717, 1.165) is 24.3 Å². The van der Waals surface area contributed by atoms with E-state index in [9.17, 15) is 49.9 Å². The molecule has 4 aliphatic rings. The minimum Gasteiger partial charge on any atom is -0.460 e. The predicted molar refractivity (Wildman–Crippen MR) is 361 cm³/mol. The molecule has 12 heterocycles. The van der Waals surface area contributed by atoms with E-state index in [2.05, 4.69) is 39.9 Å². The van der Waals surface area contributed by atoms with E-state index < -0.39 is 77.5 Å². The number of rotatable bonds is 12. The molecule has 16 rings (SSSR count). The largest absolute Gasteiger partial charge is 0.460 e. The van der Waals surface area contributed by atoms with Crippen LogP contribution in [0.15, 0.2) is 151 Å². The van der Waals surface area contributed by atoms with Gasteiger partial charge in [0.05, 0.1) is 5.56 Å². The maximum atomic E-state index is 14.0. The van der Waals surface area contributed by atoms with Crippen LogP contribution in [0.5, 0.6) is 0 Å². The number of cyclic esters (lactones) is 4. The van der Waals surface area contributed by atoms with E-state index in [1.807, 2.05) is 0 Å². The number of nitrogens with zero attached hydrogens (tertiary/aromatic N) is 8. The van der Waals surface area contributed by atoms with Gasteiger partial charge in [-0.05, 0) is 193 Å². The first-order valence-electron chi connectivity index (χ1n) is 31.3. The molecule has 0 saturated carbocycles. The van der Waals surface area contributed by atoms with Gasteiger partial charge in [0.15, 0.2) is 23.0 Å². The first-order chi connectivity index (χ1) is 50.1. The zero-order valence-electron chi connectivity index (χ0n) is 54.4. The highest BCUT2D eigenvalue weighted by atomic mass is 35.5. The third kappa shape index (κ3) is 15.5. The lowest BCUT2D eigenvalue weighted by molar-refractivity contribution is -0.138. The summed E-state index contributed by atoms with van der Waals surface area (Å²) in [6, 6.07) is 32.3. The van der Waals surface area contributed by atoms with Gasteiger partial charge in [-0.1, -0.05) is 48.0 Å². The molecule has 0 N–H and O–H groups in total. The number of halogens is 12. The van der Waals surface area contributed by atoms with Gasteiger partial charge in [0, 0.05) is 30.7 Å². The summed E-state index contributed by atoms with van der Waals surface area (Å²) in [6.07, 6.45) is -7.99. The summed E-state index contributed by atoms with van der Waals surface area (Å²) in [5.41, 5.74) is 2.48. The molecular weight excluding hydrogens is 1490 g/mol. The first kappa shape index (κ1) is 72.5. The van der Waals surface area contributed by atoms with Crippen molar-refractivity contribution in [2.75, 3.05) is 0 Å². The molecule has 0 fully saturated rings. The van der Waals surface area contributed by atoms with Gasteiger partial charge in [0.25, 0.3) is 0 Å².